The molecule has 1 unspecified atom stereocenters. The number of anilines is 1. The van der Waals surface area contributed by atoms with Crippen LogP contribution in [0.25, 0.3) is 0 Å². The van der Waals surface area contributed by atoms with Crippen molar-refractivity contribution in [3.05, 3.63) is 17.0 Å². The van der Waals surface area contributed by atoms with Crippen LogP contribution < -0.4 is 5.32 Å². The molecule has 0 aliphatic carbocycles. The van der Waals surface area contributed by atoms with E-state index in [2.05, 4.69) is 15.3 Å². The number of ether oxygens (including phenoxy) is 1. The SMILES string of the molecule is CCOCc1nc(Cl)cc(NC2CCN(C)C2=O)n1. The van der Waals surface area contributed by atoms with Crippen LogP contribution in [-0.2, 0) is 16.1 Å². The molecule has 7 heteroatoms. The highest BCUT2D eigenvalue weighted by Crippen LogP contribution is 2.17. The average Bonchev–Trinajstić information content (AvgIpc) is 2.68. The average molecular weight is 285 g/mol. The van der Waals surface area contributed by atoms with Crippen LogP contribution in [0.1, 0.15) is 19.2 Å². The van der Waals surface area contributed by atoms with Gasteiger partial charge in [-0.15, -0.1) is 0 Å². The van der Waals surface area contributed by atoms with Gasteiger partial charge in [0.15, 0.2) is 5.82 Å². The number of amides is 1. The Morgan fingerprint density at radius 2 is 2.37 bits per heavy atom. The molecule has 1 amide bonds. The lowest BCUT2D eigenvalue weighted by molar-refractivity contribution is -0.127. The summed E-state index contributed by atoms with van der Waals surface area (Å²) in [5.74, 6) is 1.14. The number of hydrogen-bond acceptors (Lipinski definition) is 5. The fourth-order valence-electron chi connectivity index (χ4n) is 1.93. The van der Waals surface area contributed by atoms with Crippen LogP contribution in [0.15, 0.2) is 6.07 Å². The highest BCUT2D eigenvalue weighted by molar-refractivity contribution is 6.29. The van der Waals surface area contributed by atoms with E-state index < -0.39 is 0 Å². The number of aromatic nitrogens is 2. The second-order valence-corrected chi connectivity index (χ2v) is 4.76. The molecule has 2 rings (SSSR count). The van der Waals surface area contributed by atoms with Gasteiger partial charge in [-0.3, -0.25) is 4.79 Å². The summed E-state index contributed by atoms with van der Waals surface area (Å²) in [5, 5.41) is 3.44. The highest BCUT2D eigenvalue weighted by Gasteiger charge is 2.29. The van der Waals surface area contributed by atoms with Crippen LogP contribution >= 0.6 is 11.6 Å². The number of carbonyl (C=O) groups excluding carboxylic acids is 1. The summed E-state index contributed by atoms with van der Waals surface area (Å²) in [6, 6.07) is 1.37. The molecule has 104 valence electrons. The predicted octanol–water partition coefficient (Wildman–Crippen LogP) is 1.31. The van der Waals surface area contributed by atoms with Gasteiger partial charge in [0, 0.05) is 26.3 Å². The molecule has 0 radical (unpaired) electrons. The van der Waals surface area contributed by atoms with E-state index >= 15 is 0 Å². The van der Waals surface area contributed by atoms with Crippen molar-refractivity contribution in [2.24, 2.45) is 0 Å². The zero-order valence-corrected chi connectivity index (χ0v) is 11.8. The van der Waals surface area contributed by atoms with E-state index in [-0.39, 0.29) is 11.9 Å². The summed E-state index contributed by atoms with van der Waals surface area (Å²) >= 11 is 5.94. The van der Waals surface area contributed by atoms with Gasteiger partial charge in [0.25, 0.3) is 0 Å². The maximum absolute atomic E-state index is 11.8. The molecule has 1 fully saturated rings. The van der Waals surface area contributed by atoms with Gasteiger partial charge in [-0.25, -0.2) is 9.97 Å². The summed E-state index contributed by atoms with van der Waals surface area (Å²) in [5.41, 5.74) is 0. The lowest BCUT2D eigenvalue weighted by Crippen LogP contribution is -2.31. The van der Waals surface area contributed by atoms with Crippen molar-refractivity contribution in [2.75, 3.05) is 25.5 Å². The molecule has 1 atom stereocenters. The maximum atomic E-state index is 11.8. The topological polar surface area (TPSA) is 67.3 Å². The standard InChI is InChI=1S/C12H17ClN4O2/c1-3-19-7-11-15-9(13)6-10(16-11)14-8-4-5-17(2)12(8)18/h6,8H,3-5,7H2,1-2H3,(H,14,15,16). The van der Waals surface area contributed by atoms with Crippen LogP contribution in [0, 0.1) is 0 Å². The molecule has 1 aromatic rings. The number of likely N-dealkylation sites (tertiary alicyclic amines) is 1. The van der Waals surface area contributed by atoms with E-state index in [4.69, 9.17) is 16.3 Å². The minimum atomic E-state index is -0.240. The molecule has 19 heavy (non-hydrogen) atoms. The van der Waals surface area contributed by atoms with Crippen molar-refractivity contribution in [1.29, 1.82) is 0 Å². The van der Waals surface area contributed by atoms with Crippen molar-refractivity contribution in [3.8, 4) is 0 Å². The summed E-state index contributed by atoms with van der Waals surface area (Å²) in [6.45, 7) is 3.55. The fraction of sp³-hybridized carbons (Fsp3) is 0.583. The van der Waals surface area contributed by atoms with Crippen LogP contribution in [0.2, 0.25) is 5.15 Å². The number of likely N-dealkylation sites (N-methyl/N-ethyl adjacent to an activating group) is 1. The Kier molecular flexibility index (Phi) is 4.55. The van der Waals surface area contributed by atoms with E-state index in [9.17, 15) is 4.79 Å². The molecule has 0 bridgehead atoms. The Morgan fingerprint density at radius 1 is 1.58 bits per heavy atom. The lowest BCUT2D eigenvalue weighted by Gasteiger charge is -2.13. The maximum Gasteiger partial charge on any atom is 0.244 e. The third-order valence-electron chi connectivity index (χ3n) is 2.93. The Morgan fingerprint density at radius 3 is 3.00 bits per heavy atom. The number of halogens is 1. The number of nitrogens with zero attached hydrogens (tertiary/aromatic N) is 3. The minimum Gasteiger partial charge on any atom is -0.374 e. The zero-order valence-electron chi connectivity index (χ0n) is 11.0. The number of carbonyl (C=O) groups is 1. The Balaban J connectivity index is 2.07. The number of nitrogens with one attached hydrogen (secondary N) is 1. The van der Waals surface area contributed by atoms with Crippen molar-refractivity contribution >= 4 is 23.3 Å². The van der Waals surface area contributed by atoms with Gasteiger partial charge in [0.05, 0.1) is 0 Å². The van der Waals surface area contributed by atoms with E-state index in [1.54, 1.807) is 18.0 Å². The summed E-state index contributed by atoms with van der Waals surface area (Å²) < 4.78 is 5.25. The molecule has 0 aromatic carbocycles. The molecule has 1 aromatic heterocycles. The van der Waals surface area contributed by atoms with Crippen molar-refractivity contribution < 1.29 is 9.53 Å². The second-order valence-electron chi connectivity index (χ2n) is 4.37. The number of rotatable bonds is 5. The minimum absolute atomic E-state index is 0.0705. The second kappa shape index (κ2) is 6.16. The first-order valence-corrected chi connectivity index (χ1v) is 6.60. The van der Waals surface area contributed by atoms with Gasteiger partial charge < -0.3 is 15.0 Å². The van der Waals surface area contributed by atoms with Gasteiger partial charge >= 0.3 is 0 Å². The largest absolute Gasteiger partial charge is 0.374 e. The molecule has 0 saturated carbocycles. The molecule has 6 nitrogen and oxygen atoms in total. The summed E-state index contributed by atoms with van der Waals surface area (Å²) in [7, 11) is 1.79. The zero-order chi connectivity index (χ0) is 13.8. The van der Waals surface area contributed by atoms with Crippen molar-refractivity contribution in [1.82, 2.24) is 14.9 Å². The third-order valence-corrected chi connectivity index (χ3v) is 3.12. The summed E-state index contributed by atoms with van der Waals surface area (Å²) in [4.78, 5) is 21.9. The van der Waals surface area contributed by atoms with E-state index in [1.165, 1.54) is 0 Å². The third kappa shape index (κ3) is 3.54. The predicted molar refractivity (Wildman–Crippen MR) is 72.0 cm³/mol. The smallest absolute Gasteiger partial charge is 0.244 e. The van der Waals surface area contributed by atoms with Crippen LogP contribution in [0.3, 0.4) is 0 Å². The van der Waals surface area contributed by atoms with E-state index in [0.29, 0.717) is 30.0 Å². The summed E-state index contributed by atoms with van der Waals surface area (Å²) in [6.07, 6.45) is 0.762. The Hall–Kier alpha value is -1.40. The van der Waals surface area contributed by atoms with Crippen molar-refractivity contribution in [3.63, 3.8) is 0 Å². The highest BCUT2D eigenvalue weighted by atomic mass is 35.5. The first-order valence-electron chi connectivity index (χ1n) is 6.23. The quantitative estimate of drug-likeness (QED) is 0.826. The Bertz CT molecular complexity index is 469. The normalized spacial score (nSPS) is 19.0. The fourth-order valence-corrected chi connectivity index (χ4v) is 2.13. The first kappa shape index (κ1) is 14.0. The molecule has 1 aliphatic rings. The van der Waals surface area contributed by atoms with Gasteiger partial charge in [0.2, 0.25) is 5.91 Å². The Labute approximate surface area is 117 Å². The molecule has 2 heterocycles. The van der Waals surface area contributed by atoms with E-state index in [1.807, 2.05) is 6.92 Å². The molecular formula is C12H17ClN4O2. The molecule has 0 spiro atoms. The first-order chi connectivity index (χ1) is 9.10. The van der Waals surface area contributed by atoms with Gasteiger partial charge in [0.1, 0.15) is 23.6 Å². The lowest BCUT2D eigenvalue weighted by atomic mass is 10.2. The van der Waals surface area contributed by atoms with Gasteiger partial charge in [-0.1, -0.05) is 11.6 Å². The van der Waals surface area contributed by atoms with Crippen LogP contribution in [-0.4, -0.2) is 47.0 Å². The van der Waals surface area contributed by atoms with Crippen LogP contribution in [0.5, 0.6) is 0 Å². The number of hydrogen-bond donors (Lipinski definition) is 1. The molecular weight excluding hydrogens is 268 g/mol. The molecule has 1 N–H and O–H groups in total. The van der Waals surface area contributed by atoms with E-state index in [0.717, 1.165) is 13.0 Å². The van der Waals surface area contributed by atoms with Crippen molar-refractivity contribution in [2.45, 2.75) is 26.0 Å². The molecule has 1 aliphatic heterocycles. The van der Waals surface area contributed by atoms with Gasteiger partial charge in [-0.2, -0.15) is 0 Å². The van der Waals surface area contributed by atoms with Gasteiger partial charge in [-0.05, 0) is 13.3 Å². The monoisotopic (exact) mass is 284 g/mol. The molecule has 1 saturated heterocycles. The van der Waals surface area contributed by atoms with Crippen LogP contribution in [0.4, 0.5) is 5.82 Å².